The van der Waals surface area contributed by atoms with Crippen molar-refractivity contribution in [3.63, 3.8) is 0 Å². The van der Waals surface area contributed by atoms with Gasteiger partial charge in [-0.1, -0.05) is 5.11 Å². The van der Waals surface area contributed by atoms with Gasteiger partial charge in [0.05, 0.1) is 18.2 Å². The lowest BCUT2D eigenvalue weighted by Gasteiger charge is -2.44. The first-order valence-corrected chi connectivity index (χ1v) is 7.49. The maximum Gasteiger partial charge on any atom is 0.364 e. The lowest BCUT2D eigenvalue weighted by Crippen LogP contribution is -2.65. The Morgan fingerprint density at radius 1 is 1.54 bits per heavy atom. The number of nitrogens with zero attached hydrogens (tertiary/aromatic N) is 3. The van der Waals surface area contributed by atoms with Crippen LogP contribution in [0.2, 0.25) is 0 Å². The largest absolute Gasteiger partial charge is 0.477 e. The molecule has 0 bridgehead atoms. The van der Waals surface area contributed by atoms with Gasteiger partial charge in [0.2, 0.25) is 5.91 Å². The number of carboxylic acid groups (broad SMARTS) is 1. The average molecular weight is 345 g/mol. The summed E-state index contributed by atoms with van der Waals surface area (Å²) in [5, 5.41) is 28.6. The minimum absolute atomic E-state index is 0.177. The van der Waals surface area contributed by atoms with Crippen molar-refractivity contribution in [2.75, 3.05) is 26.7 Å². The highest BCUT2D eigenvalue weighted by molar-refractivity contribution is 5.76. The van der Waals surface area contributed by atoms with Crippen molar-refractivity contribution < 1.29 is 29.3 Å². The Hall–Kier alpha value is -1.91. The molecule has 0 radical (unpaired) electrons. The molecule has 4 N–H and O–H groups in total. The van der Waals surface area contributed by atoms with Gasteiger partial charge in [-0.25, -0.2) is 4.79 Å². The normalized spacial score (nSPS) is 29.5. The summed E-state index contributed by atoms with van der Waals surface area (Å²) in [6.07, 6.45) is -1.68. The molecule has 0 aliphatic carbocycles. The maximum absolute atomic E-state index is 11.5. The van der Waals surface area contributed by atoms with Gasteiger partial charge in [0.25, 0.3) is 5.79 Å². The zero-order valence-electron chi connectivity index (χ0n) is 13.6. The molecule has 4 atom stereocenters. The second-order valence-electron chi connectivity index (χ2n) is 5.43. The topological polar surface area (TPSA) is 166 Å². The van der Waals surface area contributed by atoms with E-state index in [1.807, 2.05) is 0 Å². The zero-order chi connectivity index (χ0) is 18.2. The van der Waals surface area contributed by atoms with Crippen molar-refractivity contribution in [2.24, 2.45) is 5.11 Å². The van der Waals surface area contributed by atoms with Crippen LogP contribution in [0.15, 0.2) is 5.11 Å². The van der Waals surface area contributed by atoms with Gasteiger partial charge in [-0.2, -0.15) is 0 Å². The third-order valence-electron chi connectivity index (χ3n) is 3.68. The number of amides is 1. The fourth-order valence-electron chi connectivity index (χ4n) is 2.53. The number of hydrogen-bond donors (Lipinski definition) is 4. The zero-order valence-corrected chi connectivity index (χ0v) is 13.6. The molecule has 0 aromatic heterocycles. The van der Waals surface area contributed by atoms with Gasteiger partial charge in [0.1, 0.15) is 0 Å². The van der Waals surface area contributed by atoms with Crippen molar-refractivity contribution in [2.45, 2.75) is 43.8 Å². The summed E-state index contributed by atoms with van der Waals surface area (Å²) in [5.74, 6) is -3.68. The number of aliphatic carboxylic acids is 1. The minimum Gasteiger partial charge on any atom is -0.477 e. The van der Waals surface area contributed by atoms with E-state index in [1.54, 1.807) is 0 Å². The molecule has 0 spiro atoms. The third-order valence-corrected chi connectivity index (χ3v) is 3.68. The molecule has 1 saturated heterocycles. The molecule has 1 fully saturated rings. The highest BCUT2D eigenvalue weighted by atomic mass is 16.7. The van der Waals surface area contributed by atoms with Gasteiger partial charge < -0.3 is 30.3 Å². The van der Waals surface area contributed by atoms with E-state index in [9.17, 15) is 19.8 Å². The first kappa shape index (κ1) is 20.1. The molecule has 0 saturated carbocycles. The Labute approximate surface area is 138 Å². The van der Waals surface area contributed by atoms with Crippen LogP contribution >= 0.6 is 0 Å². The van der Waals surface area contributed by atoms with Gasteiger partial charge in [0, 0.05) is 38.5 Å². The molecule has 24 heavy (non-hydrogen) atoms. The van der Waals surface area contributed by atoms with E-state index in [4.69, 9.17) is 15.0 Å². The van der Waals surface area contributed by atoms with Crippen molar-refractivity contribution in [3.8, 4) is 0 Å². The van der Waals surface area contributed by atoms with Crippen molar-refractivity contribution >= 4 is 11.9 Å². The number of nitrogens with one attached hydrogen (secondary N) is 2. The van der Waals surface area contributed by atoms with Crippen LogP contribution in [-0.2, 0) is 19.1 Å². The van der Waals surface area contributed by atoms with E-state index in [-0.39, 0.29) is 18.9 Å². The number of rotatable bonds is 9. The molecule has 1 unspecified atom stereocenters. The van der Waals surface area contributed by atoms with Crippen LogP contribution in [0.25, 0.3) is 10.4 Å². The summed E-state index contributed by atoms with van der Waals surface area (Å²) in [5.41, 5.74) is 8.19. The van der Waals surface area contributed by atoms with Crippen molar-refractivity contribution in [1.82, 2.24) is 10.6 Å². The standard InChI is InChI=1S/C13H23N5O6/c1-8(19)17-11-9(20)6-13(23-2,12(21)22)24-10(11)7-15-4-3-5-16-18-14/h9-11,15,20H,3-7H2,1-2H3,(H,17,19)(H,21,22)/t9-,10?,11-,13-/m1/s1. The van der Waals surface area contributed by atoms with Crippen LogP contribution in [0.1, 0.15) is 19.8 Å². The smallest absolute Gasteiger partial charge is 0.364 e. The molecule has 0 aromatic rings. The first-order chi connectivity index (χ1) is 11.4. The number of aliphatic hydroxyl groups is 1. The van der Waals surface area contributed by atoms with Crippen LogP contribution in [0.4, 0.5) is 0 Å². The van der Waals surface area contributed by atoms with Crippen LogP contribution in [-0.4, -0.2) is 72.9 Å². The molecular weight excluding hydrogens is 322 g/mol. The molecule has 1 heterocycles. The van der Waals surface area contributed by atoms with E-state index in [1.165, 1.54) is 14.0 Å². The van der Waals surface area contributed by atoms with E-state index in [0.29, 0.717) is 19.5 Å². The minimum atomic E-state index is -1.97. The van der Waals surface area contributed by atoms with Crippen LogP contribution in [0.3, 0.4) is 0 Å². The fourth-order valence-corrected chi connectivity index (χ4v) is 2.53. The first-order valence-electron chi connectivity index (χ1n) is 7.49. The molecule has 136 valence electrons. The molecule has 11 heteroatoms. The highest BCUT2D eigenvalue weighted by Crippen LogP contribution is 2.30. The lowest BCUT2D eigenvalue weighted by molar-refractivity contribution is -0.285. The van der Waals surface area contributed by atoms with E-state index in [0.717, 1.165) is 0 Å². The highest BCUT2D eigenvalue weighted by Gasteiger charge is 2.52. The van der Waals surface area contributed by atoms with Gasteiger partial charge >= 0.3 is 5.97 Å². The number of methoxy groups -OCH3 is 1. The molecule has 1 amide bonds. The van der Waals surface area contributed by atoms with E-state index < -0.39 is 30.0 Å². The Kier molecular flexibility index (Phi) is 7.89. The van der Waals surface area contributed by atoms with Crippen LogP contribution in [0, 0.1) is 0 Å². The summed E-state index contributed by atoms with van der Waals surface area (Å²) in [7, 11) is 1.18. The lowest BCUT2D eigenvalue weighted by atomic mass is 9.92. The molecule has 11 nitrogen and oxygen atoms in total. The molecule has 1 aliphatic heterocycles. The molecule has 1 aliphatic rings. The third kappa shape index (κ3) is 5.32. The van der Waals surface area contributed by atoms with Crippen LogP contribution in [0.5, 0.6) is 0 Å². The number of aliphatic hydroxyl groups excluding tert-OH is 1. The number of azide groups is 1. The van der Waals surface area contributed by atoms with E-state index in [2.05, 4.69) is 20.7 Å². The molecule has 1 rings (SSSR count). The average Bonchev–Trinajstić information content (AvgIpc) is 2.52. The predicted octanol–water partition coefficient (Wildman–Crippen LogP) is -0.642. The van der Waals surface area contributed by atoms with Gasteiger partial charge in [-0.15, -0.1) is 0 Å². The number of carbonyl (C=O) groups is 2. The van der Waals surface area contributed by atoms with E-state index >= 15 is 0 Å². The molecule has 0 aromatic carbocycles. The maximum atomic E-state index is 11.5. The molecular formula is C13H23N5O6. The fraction of sp³-hybridized carbons (Fsp3) is 0.846. The Morgan fingerprint density at radius 2 is 2.25 bits per heavy atom. The number of carboxylic acids is 1. The number of ether oxygens (including phenoxy) is 2. The predicted molar refractivity (Wildman–Crippen MR) is 82.0 cm³/mol. The Morgan fingerprint density at radius 3 is 2.79 bits per heavy atom. The second-order valence-corrected chi connectivity index (χ2v) is 5.43. The number of hydrogen-bond acceptors (Lipinski definition) is 7. The van der Waals surface area contributed by atoms with Gasteiger partial charge in [0.15, 0.2) is 0 Å². The summed E-state index contributed by atoms with van der Waals surface area (Å²) in [4.78, 5) is 25.4. The Bertz CT molecular complexity index is 497. The second kappa shape index (κ2) is 9.40. The van der Waals surface area contributed by atoms with Crippen molar-refractivity contribution in [1.29, 1.82) is 0 Å². The van der Waals surface area contributed by atoms with Gasteiger partial charge in [-0.3, -0.25) is 4.79 Å². The van der Waals surface area contributed by atoms with Crippen molar-refractivity contribution in [3.05, 3.63) is 10.4 Å². The quantitative estimate of drug-likeness (QED) is 0.186. The SMILES string of the molecule is CO[C@]1(C(=O)O)C[C@@H](O)[C@@H](NC(C)=O)C(CNCCCN=[N+]=[N-])O1. The van der Waals surface area contributed by atoms with Crippen LogP contribution < -0.4 is 10.6 Å². The summed E-state index contributed by atoms with van der Waals surface area (Å²) >= 11 is 0. The summed E-state index contributed by atoms with van der Waals surface area (Å²) in [6.45, 7) is 2.29. The number of carbonyl (C=O) groups excluding carboxylic acids is 1. The summed E-state index contributed by atoms with van der Waals surface area (Å²) < 4.78 is 10.5. The monoisotopic (exact) mass is 345 g/mol. The summed E-state index contributed by atoms with van der Waals surface area (Å²) in [6, 6.07) is -0.769. The Balaban J connectivity index is 2.75. The van der Waals surface area contributed by atoms with Gasteiger partial charge in [-0.05, 0) is 18.5 Å².